The molecule has 0 spiro atoms. The zero-order valence-corrected chi connectivity index (χ0v) is 14.7. The van der Waals surface area contributed by atoms with Crippen LogP contribution in [0.4, 0.5) is 0 Å². The Hall–Kier alpha value is -0.960. The van der Waals surface area contributed by atoms with Gasteiger partial charge in [0.05, 0.1) is 6.42 Å². The second kappa shape index (κ2) is 7.54. The zero-order valence-electron chi connectivity index (χ0n) is 13.0. The Morgan fingerprint density at radius 3 is 2.68 bits per heavy atom. The molecule has 22 heavy (non-hydrogen) atoms. The van der Waals surface area contributed by atoms with E-state index in [9.17, 15) is 13.2 Å². The third-order valence-electron chi connectivity index (χ3n) is 3.74. The van der Waals surface area contributed by atoms with E-state index >= 15 is 0 Å². The number of hydrogen-bond acceptors (Lipinski definition) is 5. The summed E-state index contributed by atoms with van der Waals surface area (Å²) < 4.78 is 26.8. The maximum absolute atomic E-state index is 12.4. The van der Waals surface area contributed by atoms with Crippen molar-refractivity contribution in [3.63, 3.8) is 0 Å². The SMILES string of the molecule is CNCCN(C)C(=O)Cc1ccc(S(=O)(=O)N2CCCC2)s1. The monoisotopic (exact) mass is 345 g/mol. The minimum atomic E-state index is -3.37. The predicted octanol–water partition coefficient (Wildman–Crippen LogP) is 0.753. The minimum absolute atomic E-state index is 0.00206. The molecule has 6 nitrogen and oxygen atoms in total. The van der Waals surface area contributed by atoms with Crippen molar-refractivity contribution in [2.45, 2.75) is 23.5 Å². The summed E-state index contributed by atoms with van der Waals surface area (Å²) in [6.45, 7) is 2.57. The molecule has 1 saturated heterocycles. The molecule has 1 aromatic heterocycles. The van der Waals surface area contributed by atoms with Crippen LogP contribution >= 0.6 is 11.3 Å². The van der Waals surface area contributed by atoms with Crippen LogP contribution in [0, 0.1) is 0 Å². The normalized spacial score (nSPS) is 16.1. The Kier molecular flexibility index (Phi) is 5.96. The molecule has 0 unspecified atom stereocenters. The number of hydrogen-bond donors (Lipinski definition) is 1. The highest BCUT2D eigenvalue weighted by atomic mass is 32.2. The number of rotatable bonds is 7. The first-order chi connectivity index (χ1) is 10.4. The Labute approximate surface area is 136 Å². The maximum atomic E-state index is 12.4. The minimum Gasteiger partial charge on any atom is -0.344 e. The van der Waals surface area contributed by atoms with E-state index in [4.69, 9.17) is 0 Å². The van der Waals surface area contributed by atoms with Gasteiger partial charge in [-0.1, -0.05) is 0 Å². The van der Waals surface area contributed by atoms with E-state index in [1.165, 1.54) is 15.6 Å². The zero-order chi connectivity index (χ0) is 16.2. The molecule has 2 rings (SSSR count). The molecule has 1 N–H and O–H groups in total. The van der Waals surface area contributed by atoms with Gasteiger partial charge in [0.25, 0.3) is 10.0 Å². The topological polar surface area (TPSA) is 69.7 Å². The predicted molar refractivity (Wildman–Crippen MR) is 87.6 cm³/mol. The molecule has 0 aromatic carbocycles. The average Bonchev–Trinajstić information content (AvgIpc) is 3.16. The van der Waals surface area contributed by atoms with Gasteiger partial charge in [-0.2, -0.15) is 4.31 Å². The van der Waals surface area contributed by atoms with Crippen molar-refractivity contribution >= 4 is 27.3 Å². The van der Waals surface area contributed by atoms with Gasteiger partial charge in [0.1, 0.15) is 4.21 Å². The summed E-state index contributed by atoms with van der Waals surface area (Å²) in [5.74, 6) is 0.00206. The number of sulfonamides is 1. The second-order valence-electron chi connectivity index (χ2n) is 5.43. The first-order valence-electron chi connectivity index (χ1n) is 7.42. The number of nitrogens with one attached hydrogen (secondary N) is 1. The summed E-state index contributed by atoms with van der Waals surface area (Å²) >= 11 is 1.20. The number of carbonyl (C=O) groups excluding carboxylic acids is 1. The largest absolute Gasteiger partial charge is 0.344 e. The Bertz CT molecular complexity index is 607. The number of nitrogens with zero attached hydrogens (tertiary/aromatic N) is 2. The lowest BCUT2D eigenvalue weighted by Gasteiger charge is -2.16. The fraction of sp³-hybridized carbons (Fsp3) is 0.643. The molecule has 0 atom stereocenters. The van der Waals surface area contributed by atoms with Crippen LogP contribution in [-0.2, 0) is 21.2 Å². The molecule has 1 aromatic rings. The Balaban J connectivity index is 2.00. The lowest BCUT2D eigenvalue weighted by atomic mass is 10.3. The molecule has 1 aliphatic rings. The quantitative estimate of drug-likeness (QED) is 0.792. The highest BCUT2D eigenvalue weighted by molar-refractivity contribution is 7.91. The summed E-state index contributed by atoms with van der Waals surface area (Å²) in [6, 6.07) is 3.37. The van der Waals surface area contributed by atoms with E-state index in [0.29, 0.717) is 23.8 Å². The van der Waals surface area contributed by atoms with Gasteiger partial charge < -0.3 is 10.2 Å². The third kappa shape index (κ3) is 4.07. The smallest absolute Gasteiger partial charge is 0.252 e. The molecular weight excluding hydrogens is 322 g/mol. The van der Waals surface area contributed by atoms with Crippen LogP contribution in [0.2, 0.25) is 0 Å². The van der Waals surface area contributed by atoms with Gasteiger partial charge in [0.15, 0.2) is 0 Å². The van der Waals surface area contributed by atoms with E-state index in [2.05, 4.69) is 5.32 Å². The van der Waals surface area contributed by atoms with Gasteiger partial charge in [-0.15, -0.1) is 11.3 Å². The number of amides is 1. The Morgan fingerprint density at radius 1 is 1.36 bits per heavy atom. The molecule has 1 aliphatic heterocycles. The van der Waals surface area contributed by atoms with Gasteiger partial charge in [-0.3, -0.25) is 4.79 Å². The van der Waals surface area contributed by atoms with Crippen molar-refractivity contribution in [1.29, 1.82) is 0 Å². The molecule has 124 valence electrons. The van der Waals surface area contributed by atoms with Crippen molar-refractivity contribution in [3.05, 3.63) is 17.0 Å². The highest BCUT2D eigenvalue weighted by Gasteiger charge is 2.28. The van der Waals surface area contributed by atoms with E-state index in [0.717, 1.165) is 24.3 Å². The molecule has 2 heterocycles. The fourth-order valence-corrected chi connectivity index (χ4v) is 5.35. The van der Waals surface area contributed by atoms with Crippen molar-refractivity contribution in [2.24, 2.45) is 0 Å². The molecule has 1 fully saturated rings. The van der Waals surface area contributed by atoms with Crippen LogP contribution in [0.3, 0.4) is 0 Å². The van der Waals surface area contributed by atoms with Crippen LogP contribution in [0.15, 0.2) is 16.3 Å². The Morgan fingerprint density at radius 2 is 2.05 bits per heavy atom. The van der Waals surface area contributed by atoms with E-state index < -0.39 is 10.0 Å². The number of likely N-dealkylation sites (N-methyl/N-ethyl adjacent to an activating group) is 2. The van der Waals surface area contributed by atoms with Crippen LogP contribution in [0.1, 0.15) is 17.7 Å². The van der Waals surface area contributed by atoms with Gasteiger partial charge >= 0.3 is 0 Å². The summed E-state index contributed by atoms with van der Waals surface area (Å²) in [7, 11) is 0.228. The van der Waals surface area contributed by atoms with Gasteiger partial charge in [0, 0.05) is 38.1 Å². The van der Waals surface area contributed by atoms with Crippen molar-refractivity contribution in [1.82, 2.24) is 14.5 Å². The average molecular weight is 345 g/mol. The first-order valence-corrected chi connectivity index (χ1v) is 9.68. The summed E-state index contributed by atoms with van der Waals surface area (Å²) in [5.41, 5.74) is 0. The molecule has 0 saturated carbocycles. The van der Waals surface area contributed by atoms with Gasteiger partial charge in [-0.25, -0.2) is 8.42 Å². The fourth-order valence-electron chi connectivity index (χ4n) is 2.34. The highest BCUT2D eigenvalue weighted by Crippen LogP contribution is 2.27. The summed E-state index contributed by atoms with van der Waals surface area (Å²) in [4.78, 5) is 14.5. The third-order valence-corrected chi connectivity index (χ3v) is 7.20. The molecular formula is C14H23N3O3S2. The summed E-state index contributed by atoms with van der Waals surface area (Å²) in [5, 5.41) is 3.00. The summed E-state index contributed by atoms with van der Waals surface area (Å²) in [6.07, 6.45) is 2.10. The molecule has 0 radical (unpaired) electrons. The van der Waals surface area contributed by atoms with Crippen LogP contribution in [0.25, 0.3) is 0 Å². The molecule has 0 bridgehead atoms. The second-order valence-corrected chi connectivity index (χ2v) is 8.76. The lowest BCUT2D eigenvalue weighted by molar-refractivity contribution is -0.129. The molecule has 8 heteroatoms. The van der Waals surface area contributed by atoms with E-state index in [-0.39, 0.29) is 12.3 Å². The molecule has 1 amide bonds. The van der Waals surface area contributed by atoms with Crippen LogP contribution in [0.5, 0.6) is 0 Å². The number of thiophene rings is 1. The lowest BCUT2D eigenvalue weighted by Crippen LogP contribution is -2.33. The van der Waals surface area contributed by atoms with Crippen molar-refractivity contribution in [2.75, 3.05) is 40.3 Å². The molecule has 0 aliphatic carbocycles. The van der Waals surface area contributed by atoms with Gasteiger partial charge in [-0.05, 0) is 32.0 Å². The first kappa shape index (κ1) is 17.4. The van der Waals surface area contributed by atoms with E-state index in [1.54, 1.807) is 24.1 Å². The van der Waals surface area contributed by atoms with Crippen LogP contribution < -0.4 is 5.32 Å². The van der Waals surface area contributed by atoms with E-state index in [1.807, 2.05) is 7.05 Å². The standard InChI is InChI=1S/C14H23N3O3S2/c1-15-7-10-16(2)13(18)11-12-5-6-14(21-12)22(19,20)17-8-3-4-9-17/h5-6,15H,3-4,7-11H2,1-2H3. The maximum Gasteiger partial charge on any atom is 0.252 e. The van der Waals surface area contributed by atoms with Crippen molar-refractivity contribution < 1.29 is 13.2 Å². The van der Waals surface area contributed by atoms with Gasteiger partial charge in [0.2, 0.25) is 5.91 Å². The van der Waals surface area contributed by atoms with Crippen molar-refractivity contribution in [3.8, 4) is 0 Å². The number of carbonyl (C=O) groups is 1. The van der Waals surface area contributed by atoms with Crippen LogP contribution in [-0.4, -0.2) is 63.8 Å².